The Morgan fingerprint density at radius 3 is 2.06 bits per heavy atom. The van der Waals surface area contributed by atoms with Gasteiger partial charge in [-0.25, -0.2) is 8.42 Å². The summed E-state index contributed by atoms with van der Waals surface area (Å²) in [5, 5.41) is 0.720. The van der Waals surface area contributed by atoms with Crippen LogP contribution in [0.2, 0.25) is 0 Å². The first kappa shape index (κ1) is 26.8. The number of rotatable bonds is 13. The Labute approximate surface area is 209 Å². The summed E-state index contributed by atoms with van der Waals surface area (Å²) >= 11 is 0. The van der Waals surface area contributed by atoms with Crippen LogP contribution in [0.5, 0.6) is 11.5 Å². The maximum absolute atomic E-state index is 13.7. The molecule has 36 heavy (non-hydrogen) atoms. The molecule has 0 aliphatic heterocycles. The van der Waals surface area contributed by atoms with Crippen LogP contribution in [0.1, 0.15) is 71.4 Å². The number of ether oxygens (including phenoxy) is 2. The van der Waals surface area contributed by atoms with E-state index in [2.05, 4.69) is 11.3 Å². The van der Waals surface area contributed by atoms with E-state index in [-0.39, 0.29) is 70.6 Å². The smallest absolute Gasteiger partial charge is 0.254 e. The molecule has 0 spiro atoms. The number of hydrogen-bond donors (Lipinski definition) is 1. The van der Waals surface area contributed by atoms with Crippen molar-refractivity contribution in [3.8, 4) is 11.5 Å². The van der Waals surface area contributed by atoms with Crippen molar-refractivity contribution < 1.29 is 37.1 Å². The fraction of sp³-hybridized carbons (Fsp3) is 0.308. The Bertz CT molecular complexity index is 1340. The average Bonchev–Trinajstić information content (AvgIpc) is 2.82. The molecule has 0 heterocycles. The Kier molecular flexibility index (Phi) is 8.41. The zero-order chi connectivity index (χ0) is 26.5. The number of ketones is 4. The highest BCUT2D eigenvalue weighted by Gasteiger charge is 2.35. The summed E-state index contributed by atoms with van der Waals surface area (Å²) in [5.41, 5.74) is 0.175. The number of nitrogens with one attached hydrogen (secondary N) is 1. The molecule has 0 saturated heterocycles. The van der Waals surface area contributed by atoms with Gasteiger partial charge in [-0.1, -0.05) is 18.7 Å². The number of anilines is 1. The van der Waals surface area contributed by atoms with Gasteiger partial charge in [0, 0.05) is 35.4 Å². The van der Waals surface area contributed by atoms with E-state index in [0.29, 0.717) is 19.3 Å². The minimum Gasteiger partial charge on any atom is -0.493 e. The van der Waals surface area contributed by atoms with Crippen LogP contribution in [0.4, 0.5) is 5.69 Å². The maximum Gasteiger partial charge on any atom is 0.254 e. The fourth-order valence-corrected chi connectivity index (χ4v) is 4.29. The fourth-order valence-electron chi connectivity index (χ4n) is 3.76. The van der Waals surface area contributed by atoms with E-state index in [0.717, 1.165) is 5.41 Å². The molecule has 1 aliphatic carbocycles. The van der Waals surface area contributed by atoms with Crippen LogP contribution in [0.3, 0.4) is 0 Å². The minimum atomic E-state index is -3.90. The monoisotopic (exact) mass is 513 g/mol. The number of sulfonamides is 1. The molecular weight excluding hydrogens is 486 g/mol. The average molecular weight is 514 g/mol. The normalized spacial score (nSPS) is 12.4. The molecule has 0 bridgehead atoms. The van der Waals surface area contributed by atoms with Gasteiger partial charge < -0.3 is 19.1 Å². The van der Waals surface area contributed by atoms with E-state index in [1.165, 1.54) is 32.0 Å². The summed E-state index contributed by atoms with van der Waals surface area (Å²) < 4.78 is 37.9. The van der Waals surface area contributed by atoms with Crippen LogP contribution < -0.4 is 14.2 Å². The third kappa shape index (κ3) is 6.25. The molecule has 2 aromatic carbocycles. The van der Waals surface area contributed by atoms with E-state index in [1.54, 1.807) is 12.1 Å². The van der Waals surface area contributed by atoms with Gasteiger partial charge in [-0.2, -0.15) is 0 Å². The Hall–Kier alpha value is -3.79. The van der Waals surface area contributed by atoms with Crippen molar-refractivity contribution in [3.63, 3.8) is 0 Å². The predicted molar refractivity (Wildman–Crippen MR) is 133 cm³/mol. The topological polar surface area (TPSA) is 133 Å². The van der Waals surface area contributed by atoms with Crippen molar-refractivity contribution in [2.24, 2.45) is 0 Å². The van der Waals surface area contributed by atoms with Crippen molar-refractivity contribution in [1.29, 1.82) is 0 Å². The summed E-state index contributed by atoms with van der Waals surface area (Å²) in [6.45, 7) is 6.43. The second-order valence-electron chi connectivity index (χ2n) is 8.36. The van der Waals surface area contributed by atoms with Gasteiger partial charge in [0.25, 0.3) is 10.0 Å². The third-order valence-corrected chi connectivity index (χ3v) is 6.37. The van der Waals surface area contributed by atoms with Gasteiger partial charge >= 0.3 is 0 Å². The first-order valence-corrected chi connectivity index (χ1v) is 12.9. The molecule has 190 valence electrons. The summed E-state index contributed by atoms with van der Waals surface area (Å²) in [6, 6.07) is 7.25. The van der Waals surface area contributed by atoms with Crippen LogP contribution in [-0.2, 0) is 19.6 Å². The Morgan fingerprint density at radius 2 is 1.47 bits per heavy atom. The quantitative estimate of drug-likeness (QED) is 0.341. The van der Waals surface area contributed by atoms with Crippen LogP contribution in [0, 0.1) is 0 Å². The Morgan fingerprint density at radius 1 is 0.889 bits per heavy atom. The summed E-state index contributed by atoms with van der Waals surface area (Å²) in [6.07, 6.45) is 1.41. The zero-order valence-electron chi connectivity index (χ0n) is 20.1. The van der Waals surface area contributed by atoms with Crippen LogP contribution in [0.15, 0.2) is 42.3 Å². The summed E-state index contributed by atoms with van der Waals surface area (Å²) in [5.74, 6) is -0.807. The van der Waals surface area contributed by atoms with Gasteiger partial charge in [-0.05, 0) is 38.8 Å². The molecule has 0 unspecified atom stereocenters. The lowest BCUT2D eigenvalue weighted by Gasteiger charge is -2.23. The number of fused-ring (bicyclic) bond motifs is 2. The number of carbonyl (C=O) groups excluding carboxylic acids is 4. The molecule has 0 aromatic heterocycles. The minimum absolute atomic E-state index is 0.00759. The van der Waals surface area contributed by atoms with Crippen molar-refractivity contribution in [2.45, 2.75) is 39.5 Å². The molecule has 10 heteroatoms. The molecule has 9 nitrogen and oxygen atoms in total. The highest BCUT2D eigenvalue weighted by atomic mass is 32.2. The lowest BCUT2D eigenvalue weighted by Crippen LogP contribution is -2.24. The molecule has 0 amide bonds. The SMILES string of the molecule is C=CS(=O)(=O)Nc1cc(OCCCC(C)=O)c2c(c1)C(=O)c1cccc(OCCCC(C)=O)c1C2=O. The summed E-state index contributed by atoms with van der Waals surface area (Å²) in [4.78, 5) is 49.6. The second-order valence-corrected chi connectivity index (χ2v) is 9.98. The van der Waals surface area contributed by atoms with E-state index < -0.39 is 21.6 Å². The standard InChI is InChI=1S/C26H27NO8S/c1-4-36(32,33)27-18-14-20-24(22(15-18)35-13-7-9-17(3)29)26(31)23-19(25(20)30)10-5-11-21(23)34-12-6-8-16(2)28/h4-5,10-11,14-15,27H,1,6-9,12-13H2,2-3H3. The van der Waals surface area contributed by atoms with Crippen LogP contribution in [0.25, 0.3) is 0 Å². The molecule has 0 atom stereocenters. The number of hydrogen-bond acceptors (Lipinski definition) is 8. The predicted octanol–water partition coefficient (Wildman–Crippen LogP) is 3.84. The molecule has 1 aliphatic rings. The Balaban J connectivity index is 2.03. The van der Waals surface area contributed by atoms with Gasteiger partial charge in [-0.3, -0.25) is 14.3 Å². The van der Waals surface area contributed by atoms with Crippen LogP contribution >= 0.6 is 0 Å². The first-order valence-electron chi connectivity index (χ1n) is 11.3. The first-order chi connectivity index (χ1) is 17.0. The highest BCUT2D eigenvalue weighted by Crippen LogP contribution is 2.39. The number of carbonyl (C=O) groups is 4. The summed E-state index contributed by atoms with van der Waals surface area (Å²) in [7, 11) is -3.90. The van der Waals surface area contributed by atoms with E-state index in [1.807, 2.05) is 0 Å². The van der Waals surface area contributed by atoms with Gasteiger partial charge in [-0.15, -0.1) is 0 Å². The van der Waals surface area contributed by atoms with Crippen molar-refractivity contribution >= 4 is 38.8 Å². The lowest BCUT2D eigenvalue weighted by molar-refractivity contribution is -0.118. The maximum atomic E-state index is 13.7. The van der Waals surface area contributed by atoms with E-state index in [4.69, 9.17) is 9.47 Å². The third-order valence-electron chi connectivity index (χ3n) is 5.41. The van der Waals surface area contributed by atoms with Crippen molar-refractivity contribution in [3.05, 3.63) is 64.6 Å². The van der Waals surface area contributed by atoms with Gasteiger partial charge in [0.2, 0.25) is 5.78 Å². The van der Waals surface area contributed by atoms with E-state index >= 15 is 0 Å². The largest absolute Gasteiger partial charge is 0.493 e. The van der Waals surface area contributed by atoms with Crippen molar-refractivity contribution in [1.82, 2.24) is 0 Å². The van der Waals surface area contributed by atoms with Crippen LogP contribution in [-0.4, -0.2) is 44.8 Å². The van der Waals surface area contributed by atoms with Crippen molar-refractivity contribution in [2.75, 3.05) is 17.9 Å². The molecule has 0 saturated carbocycles. The molecule has 3 rings (SSSR count). The second kappa shape index (κ2) is 11.3. The zero-order valence-corrected chi connectivity index (χ0v) is 20.9. The molecule has 0 radical (unpaired) electrons. The molecule has 2 aromatic rings. The molecule has 0 fully saturated rings. The lowest BCUT2D eigenvalue weighted by atomic mass is 9.83. The van der Waals surface area contributed by atoms with E-state index in [9.17, 15) is 27.6 Å². The molecular formula is C26H27NO8S. The number of Topliss-reactive ketones (excluding diaryl/α,β-unsaturated/α-hetero) is 2. The van der Waals surface area contributed by atoms with Gasteiger partial charge in [0.1, 0.15) is 23.1 Å². The van der Waals surface area contributed by atoms with Gasteiger partial charge in [0.05, 0.1) is 30.0 Å². The highest BCUT2D eigenvalue weighted by molar-refractivity contribution is 7.95. The number of benzene rings is 2. The van der Waals surface area contributed by atoms with Gasteiger partial charge in [0.15, 0.2) is 5.78 Å². The molecule has 1 N–H and O–H groups in total.